The van der Waals surface area contributed by atoms with E-state index in [1.807, 2.05) is 0 Å². The van der Waals surface area contributed by atoms with Gasteiger partial charge in [0, 0.05) is 20.3 Å². The van der Waals surface area contributed by atoms with Gasteiger partial charge in [-0.2, -0.15) is 0 Å². The Bertz CT molecular complexity index is 219. The molecule has 0 aliphatic rings. The number of aromatic nitrogens is 1. The minimum atomic E-state index is -0.504. The van der Waals surface area contributed by atoms with Crippen LogP contribution in [0.15, 0.2) is 10.6 Å². The van der Waals surface area contributed by atoms with Crippen LogP contribution in [0, 0.1) is 0 Å². The number of anilines is 1. The largest absolute Gasteiger partial charge is 0.368 e. The molecule has 0 saturated carbocycles. The summed E-state index contributed by atoms with van der Waals surface area (Å²) in [6, 6.07) is 1.55. The van der Waals surface area contributed by atoms with Crippen LogP contribution in [0.5, 0.6) is 0 Å². The molecular formula is C6H10N2O3. The van der Waals surface area contributed by atoms with E-state index in [9.17, 15) is 0 Å². The predicted molar refractivity (Wildman–Crippen MR) is 37.7 cm³/mol. The van der Waals surface area contributed by atoms with Gasteiger partial charge in [0.2, 0.25) is 12.2 Å². The first-order valence-electron chi connectivity index (χ1n) is 3.05. The summed E-state index contributed by atoms with van der Waals surface area (Å²) in [4.78, 5) is 0. The SMILES string of the molecule is COC(OC)c1cc(N)on1. The van der Waals surface area contributed by atoms with Crippen molar-refractivity contribution in [2.75, 3.05) is 20.0 Å². The summed E-state index contributed by atoms with van der Waals surface area (Å²) in [5, 5.41) is 3.61. The Balaban J connectivity index is 2.73. The second-order valence-electron chi connectivity index (χ2n) is 1.96. The van der Waals surface area contributed by atoms with Gasteiger partial charge in [-0.3, -0.25) is 0 Å². The summed E-state index contributed by atoms with van der Waals surface area (Å²) >= 11 is 0. The fourth-order valence-corrected chi connectivity index (χ4v) is 0.753. The molecule has 1 aromatic heterocycles. The summed E-state index contributed by atoms with van der Waals surface area (Å²) in [6.45, 7) is 0. The highest BCUT2D eigenvalue weighted by molar-refractivity contribution is 5.24. The van der Waals surface area contributed by atoms with Crippen LogP contribution in [-0.2, 0) is 9.47 Å². The van der Waals surface area contributed by atoms with Crippen LogP contribution in [0.4, 0.5) is 5.88 Å². The smallest absolute Gasteiger partial charge is 0.222 e. The van der Waals surface area contributed by atoms with Gasteiger partial charge in [0.25, 0.3) is 0 Å². The van der Waals surface area contributed by atoms with Gasteiger partial charge in [-0.1, -0.05) is 5.16 Å². The van der Waals surface area contributed by atoms with Crippen LogP contribution in [0.2, 0.25) is 0 Å². The van der Waals surface area contributed by atoms with Crippen molar-refractivity contribution in [2.24, 2.45) is 0 Å². The first kappa shape index (κ1) is 8.03. The molecule has 0 amide bonds. The van der Waals surface area contributed by atoms with Crippen LogP contribution >= 0.6 is 0 Å². The molecule has 1 heterocycles. The van der Waals surface area contributed by atoms with Crippen molar-refractivity contribution in [1.29, 1.82) is 0 Å². The zero-order valence-corrected chi connectivity index (χ0v) is 6.40. The minimum Gasteiger partial charge on any atom is -0.368 e. The predicted octanol–water partition coefficient (Wildman–Crippen LogP) is 0.548. The average molecular weight is 158 g/mol. The van der Waals surface area contributed by atoms with Crippen LogP contribution < -0.4 is 5.73 Å². The van der Waals surface area contributed by atoms with Gasteiger partial charge in [-0.05, 0) is 0 Å². The number of rotatable bonds is 3. The zero-order chi connectivity index (χ0) is 8.27. The maximum absolute atomic E-state index is 5.29. The van der Waals surface area contributed by atoms with E-state index in [0.717, 1.165) is 0 Å². The Labute approximate surface area is 64.1 Å². The number of hydrogen-bond acceptors (Lipinski definition) is 5. The Kier molecular flexibility index (Phi) is 2.45. The summed E-state index contributed by atoms with van der Waals surface area (Å²) in [5.74, 6) is 0.249. The third-order valence-electron chi connectivity index (χ3n) is 1.22. The molecular weight excluding hydrogens is 148 g/mol. The first-order valence-corrected chi connectivity index (χ1v) is 3.05. The van der Waals surface area contributed by atoms with Gasteiger partial charge in [0.1, 0.15) is 5.69 Å². The van der Waals surface area contributed by atoms with Gasteiger partial charge < -0.3 is 19.7 Å². The fraction of sp³-hybridized carbons (Fsp3) is 0.500. The summed E-state index contributed by atoms with van der Waals surface area (Å²) in [7, 11) is 3.03. The van der Waals surface area contributed by atoms with E-state index < -0.39 is 6.29 Å². The van der Waals surface area contributed by atoms with E-state index in [1.54, 1.807) is 6.07 Å². The maximum Gasteiger partial charge on any atom is 0.222 e. The van der Waals surface area contributed by atoms with Crippen molar-refractivity contribution >= 4 is 5.88 Å². The molecule has 0 aromatic carbocycles. The lowest BCUT2D eigenvalue weighted by atomic mass is 10.4. The van der Waals surface area contributed by atoms with Crippen molar-refractivity contribution in [2.45, 2.75) is 6.29 Å². The third-order valence-corrected chi connectivity index (χ3v) is 1.22. The quantitative estimate of drug-likeness (QED) is 0.650. The molecule has 0 aliphatic heterocycles. The topological polar surface area (TPSA) is 70.5 Å². The van der Waals surface area contributed by atoms with E-state index in [-0.39, 0.29) is 5.88 Å². The molecule has 5 heteroatoms. The summed E-state index contributed by atoms with van der Waals surface area (Å²) in [5.41, 5.74) is 5.82. The lowest BCUT2D eigenvalue weighted by molar-refractivity contribution is -0.109. The maximum atomic E-state index is 5.29. The molecule has 11 heavy (non-hydrogen) atoms. The van der Waals surface area contributed by atoms with Gasteiger partial charge in [0.05, 0.1) is 0 Å². The highest BCUT2D eigenvalue weighted by atomic mass is 16.7. The highest BCUT2D eigenvalue weighted by Gasteiger charge is 2.13. The van der Waals surface area contributed by atoms with Crippen molar-refractivity contribution in [3.63, 3.8) is 0 Å². The molecule has 1 rings (SSSR count). The molecule has 0 bridgehead atoms. The van der Waals surface area contributed by atoms with Gasteiger partial charge in [-0.25, -0.2) is 0 Å². The van der Waals surface area contributed by atoms with E-state index >= 15 is 0 Å². The standard InChI is InChI=1S/C6H10N2O3/c1-9-6(10-2)4-3-5(7)11-8-4/h3,6H,7H2,1-2H3. The van der Waals surface area contributed by atoms with Crippen molar-refractivity contribution < 1.29 is 14.0 Å². The van der Waals surface area contributed by atoms with E-state index in [2.05, 4.69) is 9.68 Å². The second-order valence-corrected chi connectivity index (χ2v) is 1.96. The first-order chi connectivity index (χ1) is 5.27. The lowest BCUT2D eigenvalue weighted by Crippen LogP contribution is -2.03. The Hall–Kier alpha value is -1.07. The number of methoxy groups -OCH3 is 2. The number of nitrogens with two attached hydrogens (primary N) is 1. The summed E-state index contributed by atoms with van der Waals surface area (Å²) in [6.07, 6.45) is -0.504. The molecule has 0 fully saturated rings. The zero-order valence-electron chi connectivity index (χ0n) is 6.40. The second kappa shape index (κ2) is 3.36. The molecule has 2 N–H and O–H groups in total. The highest BCUT2D eigenvalue weighted by Crippen LogP contribution is 2.17. The normalized spacial score (nSPS) is 10.8. The van der Waals surface area contributed by atoms with Crippen molar-refractivity contribution in [3.05, 3.63) is 11.8 Å². The molecule has 0 atom stereocenters. The van der Waals surface area contributed by atoms with Gasteiger partial charge in [0.15, 0.2) is 0 Å². The van der Waals surface area contributed by atoms with Gasteiger partial charge in [-0.15, -0.1) is 0 Å². The molecule has 62 valence electrons. The van der Waals surface area contributed by atoms with Gasteiger partial charge >= 0.3 is 0 Å². The number of ether oxygens (including phenoxy) is 2. The Morgan fingerprint density at radius 2 is 2.18 bits per heavy atom. The van der Waals surface area contributed by atoms with Crippen LogP contribution in [-0.4, -0.2) is 19.4 Å². The van der Waals surface area contributed by atoms with E-state index in [4.69, 9.17) is 15.2 Å². The molecule has 5 nitrogen and oxygen atoms in total. The van der Waals surface area contributed by atoms with Crippen LogP contribution in [0.3, 0.4) is 0 Å². The fourth-order valence-electron chi connectivity index (χ4n) is 0.753. The van der Waals surface area contributed by atoms with E-state index in [0.29, 0.717) is 5.69 Å². The van der Waals surface area contributed by atoms with Crippen LogP contribution in [0.1, 0.15) is 12.0 Å². The van der Waals surface area contributed by atoms with E-state index in [1.165, 1.54) is 14.2 Å². The Morgan fingerprint density at radius 1 is 1.55 bits per heavy atom. The Morgan fingerprint density at radius 3 is 2.55 bits per heavy atom. The number of nitrogens with zero attached hydrogens (tertiary/aromatic N) is 1. The lowest BCUT2D eigenvalue weighted by Gasteiger charge is -2.07. The minimum absolute atomic E-state index is 0.249. The molecule has 0 saturated heterocycles. The van der Waals surface area contributed by atoms with Crippen molar-refractivity contribution in [3.8, 4) is 0 Å². The molecule has 0 unspecified atom stereocenters. The average Bonchev–Trinajstić information content (AvgIpc) is 2.39. The molecule has 0 spiro atoms. The monoisotopic (exact) mass is 158 g/mol. The number of hydrogen-bond donors (Lipinski definition) is 1. The number of nitrogen functional groups attached to an aromatic ring is 1. The molecule has 1 aromatic rings. The van der Waals surface area contributed by atoms with Crippen molar-refractivity contribution in [1.82, 2.24) is 5.16 Å². The molecule has 0 radical (unpaired) electrons. The van der Waals surface area contributed by atoms with Crippen LogP contribution in [0.25, 0.3) is 0 Å². The third kappa shape index (κ3) is 1.69. The summed E-state index contributed by atoms with van der Waals surface area (Å²) < 4.78 is 14.4. The molecule has 0 aliphatic carbocycles.